The van der Waals surface area contributed by atoms with E-state index in [9.17, 15) is 13.2 Å². The maximum atomic E-state index is 12.9. The molecule has 0 radical (unpaired) electrons. The van der Waals surface area contributed by atoms with Gasteiger partial charge in [0.2, 0.25) is 5.91 Å². The van der Waals surface area contributed by atoms with Crippen LogP contribution in [0.5, 0.6) is 11.5 Å². The van der Waals surface area contributed by atoms with Gasteiger partial charge in [-0.25, -0.2) is 0 Å². The second kappa shape index (κ2) is 10.4. The molecular weight excluding hydrogens is 410 g/mol. The molecule has 0 aliphatic carbocycles. The number of rotatable bonds is 8. The van der Waals surface area contributed by atoms with Crippen LogP contribution in [0.1, 0.15) is 18.4 Å². The van der Waals surface area contributed by atoms with Crippen LogP contribution in [0.25, 0.3) is 0 Å². The highest BCUT2D eigenvalue weighted by molar-refractivity contribution is 7.86. The maximum absolute atomic E-state index is 12.9. The van der Waals surface area contributed by atoms with Gasteiger partial charge in [0.25, 0.3) is 10.2 Å². The Balaban J connectivity index is 1.53. The van der Waals surface area contributed by atoms with Gasteiger partial charge in [-0.05, 0) is 30.9 Å². The van der Waals surface area contributed by atoms with E-state index in [1.165, 1.54) is 8.61 Å². The Morgan fingerprint density at radius 1 is 1.17 bits per heavy atom. The van der Waals surface area contributed by atoms with E-state index in [-0.39, 0.29) is 18.4 Å². The quantitative estimate of drug-likeness (QED) is 0.636. The summed E-state index contributed by atoms with van der Waals surface area (Å²) in [7, 11) is -0.354. The first-order valence-corrected chi connectivity index (χ1v) is 11.7. The van der Waals surface area contributed by atoms with E-state index in [1.54, 1.807) is 14.2 Å². The van der Waals surface area contributed by atoms with Crippen molar-refractivity contribution >= 4 is 16.1 Å². The predicted octanol–water partition coefficient (Wildman–Crippen LogP) is 0.652. The van der Waals surface area contributed by atoms with Gasteiger partial charge in [0.1, 0.15) is 11.5 Å². The largest absolute Gasteiger partial charge is 0.497 e. The Kier molecular flexibility index (Phi) is 7.93. The van der Waals surface area contributed by atoms with Crippen LogP contribution in [-0.4, -0.2) is 83.1 Å². The fourth-order valence-electron chi connectivity index (χ4n) is 3.83. The van der Waals surface area contributed by atoms with Gasteiger partial charge in [-0.2, -0.15) is 17.0 Å². The molecule has 3 rings (SSSR count). The number of nitrogens with one attached hydrogen (secondary N) is 1. The Morgan fingerprint density at radius 2 is 1.93 bits per heavy atom. The number of nitrogens with zero attached hydrogens (tertiary/aromatic N) is 2. The number of piperidine rings is 1. The van der Waals surface area contributed by atoms with Crippen molar-refractivity contribution in [3.05, 3.63) is 23.8 Å². The molecule has 1 amide bonds. The van der Waals surface area contributed by atoms with Crippen molar-refractivity contribution < 1.29 is 27.4 Å². The van der Waals surface area contributed by atoms with Gasteiger partial charge in [0.15, 0.2) is 0 Å². The van der Waals surface area contributed by atoms with Gasteiger partial charge in [0.05, 0.1) is 33.4 Å². The second-order valence-electron chi connectivity index (χ2n) is 7.44. The molecule has 1 aromatic rings. The summed E-state index contributed by atoms with van der Waals surface area (Å²) in [6, 6.07) is 5.59. The third-order valence-electron chi connectivity index (χ3n) is 5.57. The first-order chi connectivity index (χ1) is 14.5. The SMILES string of the molecule is COc1ccc(CCNC(=O)[C@H]2CCCN(S(=O)(=O)N3CCOCC3)C2)c(OC)c1. The smallest absolute Gasteiger partial charge is 0.282 e. The molecule has 1 N–H and O–H groups in total. The molecule has 0 spiro atoms. The molecule has 2 saturated heterocycles. The van der Waals surface area contributed by atoms with Crippen molar-refractivity contribution in [3.63, 3.8) is 0 Å². The van der Waals surface area contributed by atoms with Crippen molar-refractivity contribution in [3.8, 4) is 11.5 Å². The predicted molar refractivity (Wildman–Crippen MR) is 112 cm³/mol. The number of amides is 1. The summed E-state index contributed by atoms with van der Waals surface area (Å²) in [5, 5.41) is 2.95. The summed E-state index contributed by atoms with van der Waals surface area (Å²) >= 11 is 0. The van der Waals surface area contributed by atoms with E-state index in [1.807, 2.05) is 18.2 Å². The average molecular weight is 442 g/mol. The van der Waals surface area contributed by atoms with Crippen molar-refractivity contribution in [1.82, 2.24) is 13.9 Å². The van der Waals surface area contributed by atoms with Gasteiger partial charge in [0, 0.05) is 38.8 Å². The van der Waals surface area contributed by atoms with Crippen LogP contribution in [0, 0.1) is 5.92 Å². The fourth-order valence-corrected chi connectivity index (χ4v) is 5.49. The van der Waals surface area contributed by atoms with Gasteiger partial charge < -0.3 is 19.5 Å². The van der Waals surface area contributed by atoms with Crippen molar-refractivity contribution in [2.24, 2.45) is 5.92 Å². The molecule has 1 atom stereocenters. The highest BCUT2D eigenvalue weighted by atomic mass is 32.2. The third kappa shape index (κ3) is 5.42. The lowest BCUT2D eigenvalue weighted by molar-refractivity contribution is -0.126. The summed E-state index contributed by atoms with van der Waals surface area (Å²) in [5.74, 6) is 0.976. The molecule has 2 aliphatic rings. The zero-order valence-corrected chi connectivity index (χ0v) is 18.4. The number of morpholine rings is 1. The second-order valence-corrected chi connectivity index (χ2v) is 9.36. The lowest BCUT2D eigenvalue weighted by Gasteiger charge is -2.36. The molecular formula is C20H31N3O6S. The number of carbonyl (C=O) groups excluding carboxylic acids is 1. The van der Waals surface area contributed by atoms with E-state index in [0.717, 1.165) is 5.56 Å². The molecule has 2 aliphatic heterocycles. The number of hydrogen-bond donors (Lipinski definition) is 1. The number of carbonyl (C=O) groups is 1. The van der Waals surface area contributed by atoms with Crippen LogP contribution in [0.2, 0.25) is 0 Å². The molecule has 9 nitrogen and oxygen atoms in total. The van der Waals surface area contributed by atoms with Gasteiger partial charge >= 0.3 is 0 Å². The minimum absolute atomic E-state index is 0.107. The fraction of sp³-hybridized carbons (Fsp3) is 0.650. The number of benzene rings is 1. The Morgan fingerprint density at radius 3 is 2.63 bits per heavy atom. The normalized spacial score (nSPS) is 21.2. The Labute approximate surface area is 178 Å². The van der Waals surface area contributed by atoms with E-state index in [2.05, 4.69) is 5.32 Å². The lowest BCUT2D eigenvalue weighted by atomic mass is 9.98. The first-order valence-electron chi connectivity index (χ1n) is 10.3. The number of ether oxygens (including phenoxy) is 3. The van der Waals surface area contributed by atoms with Crippen molar-refractivity contribution in [1.29, 1.82) is 0 Å². The zero-order valence-electron chi connectivity index (χ0n) is 17.6. The van der Waals surface area contributed by atoms with Crippen LogP contribution in [0.15, 0.2) is 18.2 Å². The Bertz CT molecular complexity index is 826. The highest BCUT2D eigenvalue weighted by Gasteiger charge is 2.36. The summed E-state index contributed by atoms with van der Waals surface area (Å²) in [6.07, 6.45) is 1.97. The van der Waals surface area contributed by atoms with Crippen LogP contribution >= 0.6 is 0 Å². The van der Waals surface area contributed by atoms with Crippen LogP contribution in [0.3, 0.4) is 0 Å². The minimum Gasteiger partial charge on any atom is -0.497 e. The van der Waals surface area contributed by atoms with Gasteiger partial charge in [-0.1, -0.05) is 6.07 Å². The summed E-state index contributed by atoms with van der Waals surface area (Å²) in [4.78, 5) is 12.7. The number of methoxy groups -OCH3 is 2. The summed E-state index contributed by atoms with van der Waals surface area (Å²) in [5.41, 5.74) is 0.971. The standard InChI is InChI=1S/C20H31N3O6S/c1-27-18-6-5-16(19(14-18)28-2)7-8-21-20(24)17-4-3-9-23(15-17)30(25,26)22-10-12-29-13-11-22/h5-6,14,17H,3-4,7-13,15H2,1-2H3,(H,21,24)/t17-/m0/s1. The van der Waals surface area contributed by atoms with E-state index in [0.29, 0.717) is 70.2 Å². The molecule has 0 saturated carbocycles. The molecule has 2 fully saturated rings. The van der Waals surface area contributed by atoms with E-state index >= 15 is 0 Å². The molecule has 1 aromatic carbocycles. The minimum atomic E-state index is -3.55. The van der Waals surface area contributed by atoms with Gasteiger partial charge in [-0.3, -0.25) is 4.79 Å². The average Bonchev–Trinajstić information content (AvgIpc) is 2.79. The van der Waals surface area contributed by atoms with Crippen molar-refractivity contribution in [2.75, 3.05) is 60.2 Å². The van der Waals surface area contributed by atoms with Crippen molar-refractivity contribution in [2.45, 2.75) is 19.3 Å². The molecule has 30 heavy (non-hydrogen) atoms. The third-order valence-corrected chi connectivity index (χ3v) is 7.57. The molecule has 2 heterocycles. The number of hydrogen-bond acceptors (Lipinski definition) is 6. The summed E-state index contributed by atoms with van der Waals surface area (Å²) in [6.45, 7) is 2.66. The molecule has 10 heteroatoms. The van der Waals surface area contributed by atoms with Crippen LogP contribution in [0.4, 0.5) is 0 Å². The van der Waals surface area contributed by atoms with E-state index in [4.69, 9.17) is 14.2 Å². The Hall–Kier alpha value is -1.88. The highest BCUT2D eigenvalue weighted by Crippen LogP contribution is 2.25. The van der Waals surface area contributed by atoms with Crippen LogP contribution in [-0.2, 0) is 26.2 Å². The molecule has 0 unspecified atom stereocenters. The summed E-state index contributed by atoms with van der Waals surface area (Å²) < 4.78 is 44.5. The molecule has 168 valence electrons. The molecule has 0 bridgehead atoms. The molecule has 0 aromatic heterocycles. The first kappa shape index (κ1) is 22.8. The van der Waals surface area contributed by atoms with Crippen LogP contribution < -0.4 is 14.8 Å². The maximum Gasteiger partial charge on any atom is 0.282 e. The van der Waals surface area contributed by atoms with Gasteiger partial charge in [-0.15, -0.1) is 0 Å². The lowest BCUT2D eigenvalue weighted by Crippen LogP contribution is -2.53. The zero-order chi connectivity index (χ0) is 21.6. The van der Waals surface area contributed by atoms with E-state index < -0.39 is 10.2 Å². The topological polar surface area (TPSA) is 97.4 Å². The monoisotopic (exact) mass is 441 g/mol.